The molecule has 92 valence electrons. The maximum absolute atomic E-state index is 12.3. The van der Waals surface area contributed by atoms with Gasteiger partial charge >= 0.3 is 0 Å². The average molecular weight is 231 g/mol. The van der Waals surface area contributed by atoms with Crippen LogP contribution in [0.5, 0.6) is 0 Å². The van der Waals surface area contributed by atoms with Gasteiger partial charge in [-0.05, 0) is 43.2 Å². The zero-order chi connectivity index (χ0) is 12.5. The van der Waals surface area contributed by atoms with E-state index < -0.39 is 5.54 Å². The highest BCUT2D eigenvalue weighted by molar-refractivity contribution is 6.03. The van der Waals surface area contributed by atoms with Crippen molar-refractivity contribution in [2.75, 3.05) is 0 Å². The van der Waals surface area contributed by atoms with Gasteiger partial charge in [-0.1, -0.05) is 32.0 Å². The summed E-state index contributed by atoms with van der Waals surface area (Å²) in [6, 6.07) is 7.95. The quantitative estimate of drug-likeness (QED) is 0.810. The Kier molecular flexibility index (Phi) is 3.34. The molecule has 2 nitrogen and oxygen atoms in total. The van der Waals surface area contributed by atoms with Crippen LogP contribution in [0.1, 0.15) is 49.0 Å². The normalized spacial score (nSPS) is 17.9. The fourth-order valence-electron chi connectivity index (χ4n) is 2.38. The number of nitrogens with two attached hydrogens (primary N) is 1. The Hall–Kier alpha value is -1.15. The van der Waals surface area contributed by atoms with Crippen LogP contribution in [-0.4, -0.2) is 11.3 Å². The van der Waals surface area contributed by atoms with Gasteiger partial charge in [0.2, 0.25) is 0 Å². The van der Waals surface area contributed by atoms with Gasteiger partial charge in [-0.3, -0.25) is 4.79 Å². The summed E-state index contributed by atoms with van der Waals surface area (Å²) >= 11 is 0. The van der Waals surface area contributed by atoms with E-state index in [1.807, 2.05) is 18.2 Å². The van der Waals surface area contributed by atoms with Crippen LogP contribution < -0.4 is 5.73 Å². The van der Waals surface area contributed by atoms with Gasteiger partial charge < -0.3 is 5.73 Å². The van der Waals surface area contributed by atoms with E-state index in [-0.39, 0.29) is 5.78 Å². The van der Waals surface area contributed by atoms with E-state index in [1.165, 1.54) is 5.56 Å². The van der Waals surface area contributed by atoms with Gasteiger partial charge in [0.05, 0.1) is 5.54 Å². The second kappa shape index (κ2) is 4.61. The monoisotopic (exact) mass is 231 g/mol. The van der Waals surface area contributed by atoms with Crippen molar-refractivity contribution in [3.05, 3.63) is 35.4 Å². The van der Waals surface area contributed by atoms with Gasteiger partial charge in [0.15, 0.2) is 5.78 Å². The lowest BCUT2D eigenvalue weighted by atomic mass is 9.72. The molecule has 0 aromatic heterocycles. The molecular weight excluding hydrogens is 210 g/mol. The van der Waals surface area contributed by atoms with Gasteiger partial charge in [-0.25, -0.2) is 0 Å². The number of benzene rings is 1. The first-order chi connectivity index (χ1) is 8.01. The Labute approximate surface area is 103 Å². The number of rotatable bonds is 4. The summed E-state index contributed by atoms with van der Waals surface area (Å²) in [6.45, 7) is 4.37. The lowest BCUT2D eigenvalue weighted by Gasteiger charge is -2.36. The van der Waals surface area contributed by atoms with Crippen molar-refractivity contribution in [3.8, 4) is 0 Å². The van der Waals surface area contributed by atoms with E-state index in [2.05, 4.69) is 19.9 Å². The van der Waals surface area contributed by atoms with Crippen LogP contribution >= 0.6 is 0 Å². The lowest BCUT2D eigenvalue weighted by Crippen LogP contribution is -2.53. The molecule has 1 aromatic rings. The molecule has 17 heavy (non-hydrogen) atoms. The van der Waals surface area contributed by atoms with Crippen molar-refractivity contribution in [1.82, 2.24) is 0 Å². The summed E-state index contributed by atoms with van der Waals surface area (Å²) in [4.78, 5) is 12.3. The molecule has 0 amide bonds. The molecule has 0 unspecified atom stereocenters. The SMILES string of the molecule is CC(C)Cc1cccc(C(=O)C2(N)CCC2)c1. The molecule has 0 saturated heterocycles. The number of hydrogen-bond acceptors (Lipinski definition) is 2. The fourth-order valence-corrected chi connectivity index (χ4v) is 2.38. The number of carbonyl (C=O) groups excluding carboxylic acids is 1. The van der Waals surface area contributed by atoms with E-state index in [0.29, 0.717) is 5.92 Å². The van der Waals surface area contributed by atoms with Crippen LogP contribution in [0.15, 0.2) is 24.3 Å². The van der Waals surface area contributed by atoms with E-state index in [1.54, 1.807) is 0 Å². The molecular formula is C15H21NO. The molecule has 0 bridgehead atoms. The second-order valence-corrected chi connectivity index (χ2v) is 5.64. The summed E-state index contributed by atoms with van der Waals surface area (Å²) in [6.07, 6.45) is 3.76. The number of ketones is 1. The standard InChI is InChI=1S/C15H21NO/c1-11(2)9-12-5-3-6-13(10-12)14(17)15(16)7-4-8-15/h3,5-6,10-11H,4,7-9,16H2,1-2H3. The minimum atomic E-state index is -0.573. The molecule has 1 fully saturated rings. The van der Waals surface area contributed by atoms with Crippen molar-refractivity contribution in [2.24, 2.45) is 11.7 Å². The molecule has 1 saturated carbocycles. The zero-order valence-electron chi connectivity index (χ0n) is 10.7. The first kappa shape index (κ1) is 12.3. The van der Waals surface area contributed by atoms with E-state index in [0.717, 1.165) is 31.2 Å². The predicted octanol–water partition coefficient (Wildman–Crippen LogP) is 2.95. The molecule has 0 spiro atoms. The third-order valence-corrected chi connectivity index (χ3v) is 3.53. The Morgan fingerprint density at radius 2 is 2.12 bits per heavy atom. The lowest BCUT2D eigenvalue weighted by molar-refractivity contribution is 0.0800. The van der Waals surface area contributed by atoms with Crippen molar-refractivity contribution in [1.29, 1.82) is 0 Å². The smallest absolute Gasteiger partial charge is 0.182 e. The predicted molar refractivity (Wildman–Crippen MR) is 70.1 cm³/mol. The summed E-state index contributed by atoms with van der Waals surface area (Å²) < 4.78 is 0. The Bertz CT molecular complexity index is 419. The molecule has 1 aromatic carbocycles. The Morgan fingerprint density at radius 1 is 1.41 bits per heavy atom. The number of carbonyl (C=O) groups is 1. The molecule has 1 aliphatic rings. The van der Waals surface area contributed by atoms with E-state index in [4.69, 9.17) is 5.73 Å². The Balaban J connectivity index is 2.18. The maximum Gasteiger partial charge on any atom is 0.182 e. The molecule has 0 radical (unpaired) electrons. The first-order valence-corrected chi connectivity index (χ1v) is 6.44. The van der Waals surface area contributed by atoms with Gasteiger partial charge in [-0.15, -0.1) is 0 Å². The van der Waals surface area contributed by atoms with Crippen molar-refractivity contribution in [2.45, 2.75) is 45.1 Å². The maximum atomic E-state index is 12.3. The Morgan fingerprint density at radius 3 is 2.65 bits per heavy atom. The summed E-state index contributed by atoms with van der Waals surface area (Å²) in [5.41, 5.74) is 7.52. The summed E-state index contributed by atoms with van der Waals surface area (Å²) in [5.74, 6) is 0.727. The number of Topliss-reactive ketones (excluding diaryl/α,β-unsaturated/α-hetero) is 1. The minimum absolute atomic E-state index is 0.120. The van der Waals surface area contributed by atoms with Crippen LogP contribution in [0.3, 0.4) is 0 Å². The van der Waals surface area contributed by atoms with E-state index >= 15 is 0 Å². The van der Waals surface area contributed by atoms with Crippen molar-refractivity contribution in [3.63, 3.8) is 0 Å². The minimum Gasteiger partial charge on any atom is -0.319 e. The number of hydrogen-bond donors (Lipinski definition) is 1. The molecule has 2 rings (SSSR count). The molecule has 1 aliphatic carbocycles. The van der Waals surface area contributed by atoms with Crippen LogP contribution in [-0.2, 0) is 6.42 Å². The van der Waals surface area contributed by atoms with Gasteiger partial charge in [0.1, 0.15) is 0 Å². The molecule has 0 aliphatic heterocycles. The highest BCUT2D eigenvalue weighted by Gasteiger charge is 2.40. The molecule has 2 N–H and O–H groups in total. The summed E-state index contributed by atoms with van der Waals surface area (Å²) in [7, 11) is 0. The largest absolute Gasteiger partial charge is 0.319 e. The van der Waals surface area contributed by atoms with Gasteiger partial charge in [0, 0.05) is 5.56 Å². The third kappa shape index (κ3) is 2.58. The van der Waals surface area contributed by atoms with E-state index in [9.17, 15) is 4.79 Å². The van der Waals surface area contributed by atoms with Crippen LogP contribution in [0.25, 0.3) is 0 Å². The van der Waals surface area contributed by atoms with Crippen LogP contribution in [0.4, 0.5) is 0 Å². The van der Waals surface area contributed by atoms with Gasteiger partial charge in [-0.2, -0.15) is 0 Å². The fraction of sp³-hybridized carbons (Fsp3) is 0.533. The zero-order valence-corrected chi connectivity index (χ0v) is 10.7. The summed E-state index contributed by atoms with van der Waals surface area (Å²) in [5, 5.41) is 0. The third-order valence-electron chi connectivity index (χ3n) is 3.53. The van der Waals surface area contributed by atoms with Crippen LogP contribution in [0.2, 0.25) is 0 Å². The molecule has 0 atom stereocenters. The second-order valence-electron chi connectivity index (χ2n) is 5.64. The molecule has 0 heterocycles. The topological polar surface area (TPSA) is 43.1 Å². The highest BCUT2D eigenvalue weighted by atomic mass is 16.1. The average Bonchev–Trinajstić information content (AvgIpc) is 2.24. The van der Waals surface area contributed by atoms with Gasteiger partial charge in [0.25, 0.3) is 0 Å². The first-order valence-electron chi connectivity index (χ1n) is 6.44. The molecule has 2 heteroatoms. The van der Waals surface area contributed by atoms with Crippen LogP contribution in [0, 0.1) is 5.92 Å². The van der Waals surface area contributed by atoms with Crippen molar-refractivity contribution >= 4 is 5.78 Å². The highest BCUT2D eigenvalue weighted by Crippen LogP contribution is 2.32. The van der Waals surface area contributed by atoms with Crippen molar-refractivity contribution < 1.29 is 4.79 Å².